The molecule has 0 fully saturated rings. The van der Waals surface area contributed by atoms with Gasteiger partial charge in [0.15, 0.2) is 0 Å². The number of carbonyl (C=O) groups is 4. The van der Waals surface area contributed by atoms with Crippen LogP contribution in [0.3, 0.4) is 0 Å². The van der Waals surface area contributed by atoms with Crippen LogP contribution in [0.15, 0.2) is 48.5 Å². The average Bonchev–Trinajstić information content (AvgIpc) is 2.96. The lowest BCUT2D eigenvalue weighted by molar-refractivity contribution is -0.384. The molecule has 1 unspecified atom stereocenters. The van der Waals surface area contributed by atoms with Crippen molar-refractivity contribution in [3.8, 4) is 5.75 Å². The highest BCUT2D eigenvalue weighted by molar-refractivity contribution is 5.96. The number of benzene rings is 2. The molecule has 0 aliphatic heterocycles. The molecule has 46 heavy (non-hydrogen) atoms. The van der Waals surface area contributed by atoms with Crippen LogP contribution in [0.1, 0.15) is 66.4 Å². The van der Waals surface area contributed by atoms with Crippen LogP contribution in [0.2, 0.25) is 0 Å². The van der Waals surface area contributed by atoms with E-state index in [4.69, 9.17) is 19.9 Å². The highest BCUT2D eigenvalue weighted by Crippen LogP contribution is 2.20. The number of ether oxygens (including phenoxy) is 3. The number of rotatable bonds is 17. The van der Waals surface area contributed by atoms with E-state index in [1.165, 1.54) is 24.3 Å². The van der Waals surface area contributed by atoms with E-state index in [2.05, 4.69) is 16.0 Å². The number of hydrogen-bond donors (Lipinski definition) is 4. The SMILES string of the molecule is CC(C)C(NC(=O)CCC(C)(C)OCCC(C)(C)N)C(=O)NCC(=O)Nc1ccc(COC(=O)Oc2ccc([N+](=O)[O-])cc2)cc1. The molecule has 5 N–H and O–H groups in total. The van der Waals surface area contributed by atoms with Crippen molar-refractivity contribution in [3.63, 3.8) is 0 Å². The number of nitrogens with zero attached hydrogens (tertiary/aromatic N) is 1. The van der Waals surface area contributed by atoms with Crippen molar-refractivity contribution in [1.82, 2.24) is 10.6 Å². The van der Waals surface area contributed by atoms with Crippen LogP contribution in [-0.2, 0) is 30.5 Å². The smallest absolute Gasteiger partial charge is 0.429 e. The maximum absolute atomic E-state index is 12.8. The molecule has 2 rings (SSSR count). The molecule has 2 aromatic rings. The summed E-state index contributed by atoms with van der Waals surface area (Å²) in [7, 11) is 0. The largest absolute Gasteiger partial charge is 0.514 e. The second-order valence-electron chi connectivity index (χ2n) is 12.5. The molecule has 252 valence electrons. The van der Waals surface area contributed by atoms with Crippen molar-refractivity contribution < 1.29 is 38.3 Å². The van der Waals surface area contributed by atoms with E-state index in [9.17, 15) is 29.3 Å². The zero-order chi connectivity index (χ0) is 34.5. The minimum atomic E-state index is -0.988. The minimum absolute atomic E-state index is 0.0935. The van der Waals surface area contributed by atoms with Gasteiger partial charge in [0.05, 0.1) is 17.1 Å². The monoisotopic (exact) mass is 643 g/mol. The maximum atomic E-state index is 12.8. The van der Waals surface area contributed by atoms with Crippen LogP contribution in [0.4, 0.5) is 16.2 Å². The predicted molar refractivity (Wildman–Crippen MR) is 171 cm³/mol. The first-order valence-electron chi connectivity index (χ1n) is 14.9. The second kappa shape index (κ2) is 17.2. The molecule has 0 saturated heterocycles. The first-order chi connectivity index (χ1) is 21.4. The van der Waals surface area contributed by atoms with Crippen LogP contribution in [0, 0.1) is 16.0 Å². The first-order valence-corrected chi connectivity index (χ1v) is 14.9. The Balaban J connectivity index is 1.75. The van der Waals surface area contributed by atoms with Gasteiger partial charge in [0.2, 0.25) is 17.7 Å². The van der Waals surface area contributed by atoms with Crippen LogP contribution >= 0.6 is 0 Å². The molecule has 3 amide bonds. The van der Waals surface area contributed by atoms with E-state index in [0.29, 0.717) is 30.7 Å². The van der Waals surface area contributed by atoms with Gasteiger partial charge >= 0.3 is 6.16 Å². The third-order valence-electron chi connectivity index (χ3n) is 6.73. The number of carbonyl (C=O) groups excluding carboxylic acids is 4. The van der Waals surface area contributed by atoms with Crippen molar-refractivity contribution in [2.24, 2.45) is 11.7 Å². The van der Waals surface area contributed by atoms with Gasteiger partial charge in [-0.15, -0.1) is 0 Å². The van der Waals surface area contributed by atoms with Crippen molar-refractivity contribution in [2.45, 2.75) is 84.6 Å². The highest BCUT2D eigenvalue weighted by atomic mass is 16.7. The van der Waals surface area contributed by atoms with Gasteiger partial charge in [0, 0.05) is 36.4 Å². The topological polar surface area (TPSA) is 201 Å². The number of non-ortho nitro benzene ring substituents is 1. The molecule has 14 nitrogen and oxygen atoms in total. The fourth-order valence-electron chi connectivity index (χ4n) is 3.93. The van der Waals surface area contributed by atoms with E-state index in [1.807, 2.05) is 27.7 Å². The van der Waals surface area contributed by atoms with Gasteiger partial charge in [-0.2, -0.15) is 0 Å². The first kappa shape index (κ1) is 37.6. The van der Waals surface area contributed by atoms with Crippen molar-refractivity contribution in [1.29, 1.82) is 0 Å². The molecule has 0 aliphatic rings. The minimum Gasteiger partial charge on any atom is -0.429 e. The molecule has 0 radical (unpaired) electrons. The normalized spacial score (nSPS) is 12.2. The second-order valence-corrected chi connectivity index (χ2v) is 12.5. The number of nitrogens with one attached hydrogen (secondary N) is 3. The van der Waals surface area contributed by atoms with Gasteiger partial charge in [-0.1, -0.05) is 26.0 Å². The Morgan fingerprint density at radius 1 is 0.935 bits per heavy atom. The number of nitro groups is 1. The summed E-state index contributed by atoms with van der Waals surface area (Å²) >= 11 is 0. The Hall–Kier alpha value is -4.56. The summed E-state index contributed by atoms with van der Waals surface area (Å²) in [6.07, 6.45) is 0.311. The van der Waals surface area contributed by atoms with Gasteiger partial charge < -0.3 is 35.9 Å². The van der Waals surface area contributed by atoms with Crippen LogP contribution in [-0.4, -0.2) is 59.1 Å². The van der Waals surface area contributed by atoms with E-state index in [-0.39, 0.29) is 48.4 Å². The van der Waals surface area contributed by atoms with E-state index >= 15 is 0 Å². The number of nitro benzene ring substituents is 1. The van der Waals surface area contributed by atoms with Gasteiger partial charge in [0.25, 0.3) is 5.69 Å². The zero-order valence-electron chi connectivity index (χ0n) is 27.2. The Bertz CT molecular complexity index is 1340. The van der Waals surface area contributed by atoms with Gasteiger partial charge in [-0.3, -0.25) is 24.5 Å². The van der Waals surface area contributed by atoms with Crippen molar-refractivity contribution in [3.05, 3.63) is 64.2 Å². The third kappa shape index (κ3) is 14.5. The summed E-state index contributed by atoms with van der Waals surface area (Å²) in [5.74, 6) is -1.37. The fourth-order valence-corrected chi connectivity index (χ4v) is 3.93. The van der Waals surface area contributed by atoms with Crippen molar-refractivity contribution >= 4 is 35.3 Å². The average molecular weight is 644 g/mol. The number of nitrogens with two attached hydrogens (primary N) is 1. The summed E-state index contributed by atoms with van der Waals surface area (Å²) in [5.41, 5.74) is 6.03. The molecule has 0 saturated carbocycles. The fraction of sp³-hybridized carbons (Fsp3) is 0.500. The quantitative estimate of drug-likeness (QED) is 0.0837. The highest BCUT2D eigenvalue weighted by Gasteiger charge is 2.26. The lowest BCUT2D eigenvalue weighted by Gasteiger charge is -2.28. The van der Waals surface area contributed by atoms with Gasteiger partial charge in [0.1, 0.15) is 18.4 Å². The Morgan fingerprint density at radius 3 is 2.13 bits per heavy atom. The van der Waals surface area contributed by atoms with Crippen LogP contribution in [0.5, 0.6) is 5.75 Å². The molecule has 0 bridgehead atoms. The molecular weight excluding hydrogens is 598 g/mol. The number of anilines is 1. The summed E-state index contributed by atoms with van der Waals surface area (Å²) in [6.45, 7) is 11.3. The van der Waals surface area contributed by atoms with E-state index in [0.717, 1.165) is 0 Å². The summed E-state index contributed by atoms with van der Waals surface area (Å²) in [5, 5.41) is 18.7. The Morgan fingerprint density at radius 2 is 1.57 bits per heavy atom. The van der Waals surface area contributed by atoms with Crippen molar-refractivity contribution in [2.75, 3.05) is 18.5 Å². The molecule has 0 spiro atoms. The molecule has 0 aromatic heterocycles. The third-order valence-corrected chi connectivity index (χ3v) is 6.73. The van der Waals surface area contributed by atoms with Crippen LogP contribution < -0.4 is 26.4 Å². The lowest BCUT2D eigenvalue weighted by Crippen LogP contribution is -2.51. The van der Waals surface area contributed by atoms with Gasteiger partial charge in [-0.05, 0) is 76.3 Å². The van der Waals surface area contributed by atoms with Crippen LogP contribution in [0.25, 0.3) is 0 Å². The Labute approximate surface area is 268 Å². The zero-order valence-corrected chi connectivity index (χ0v) is 27.2. The molecule has 1 atom stereocenters. The number of amides is 3. The summed E-state index contributed by atoms with van der Waals surface area (Å²) in [4.78, 5) is 60.0. The lowest BCUT2D eigenvalue weighted by atomic mass is 9.99. The van der Waals surface area contributed by atoms with E-state index in [1.54, 1.807) is 38.1 Å². The summed E-state index contributed by atoms with van der Waals surface area (Å²) in [6, 6.07) is 10.6. The Kier molecular flexibility index (Phi) is 14.1. The van der Waals surface area contributed by atoms with Gasteiger partial charge in [-0.25, -0.2) is 4.79 Å². The maximum Gasteiger partial charge on any atom is 0.514 e. The summed E-state index contributed by atoms with van der Waals surface area (Å²) < 4.78 is 15.9. The molecule has 2 aromatic carbocycles. The molecular formula is C32H45N5O9. The molecule has 0 aliphatic carbocycles. The van der Waals surface area contributed by atoms with E-state index < -0.39 is 34.5 Å². The molecule has 0 heterocycles. The molecule has 14 heteroatoms. The number of hydrogen-bond acceptors (Lipinski definition) is 10. The predicted octanol–water partition coefficient (Wildman–Crippen LogP) is 4.21. The standard InChI is InChI=1S/C32H45N5O9/c1-21(2)28(36-26(38)15-16-32(5,6)45-18-17-31(3,4)33)29(40)34-19-27(39)35-23-9-7-22(8-10-23)20-44-30(41)46-25-13-11-24(12-14-25)37(42)43/h7-14,21,28H,15-20,33H2,1-6H3,(H,34,40)(H,35,39)(H,36,38).